The molecular formula is C11H14Cl. The lowest BCUT2D eigenvalue weighted by molar-refractivity contribution is 0.647. The highest BCUT2D eigenvalue weighted by atomic mass is 35.5. The number of benzene rings is 1. The summed E-state index contributed by atoms with van der Waals surface area (Å²) in [6, 6.07) is 7.13. The number of halogens is 1. The summed E-state index contributed by atoms with van der Waals surface area (Å²) in [4.78, 5) is 0. The predicted molar refractivity (Wildman–Crippen MR) is 53.6 cm³/mol. The Hall–Kier alpha value is -0.490. The van der Waals surface area contributed by atoms with Crippen LogP contribution in [0.5, 0.6) is 0 Å². The topological polar surface area (TPSA) is 0 Å². The molecule has 0 atom stereocenters. The van der Waals surface area contributed by atoms with Crippen molar-refractivity contribution in [2.24, 2.45) is 5.92 Å². The van der Waals surface area contributed by atoms with Gasteiger partial charge < -0.3 is 0 Å². The van der Waals surface area contributed by atoms with Gasteiger partial charge in [-0.1, -0.05) is 25.4 Å². The van der Waals surface area contributed by atoms with E-state index in [2.05, 4.69) is 19.9 Å². The number of hydrogen-bond acceptors (Lipinski definition) is 0. The van der Waals surface area contributed by atoms with Gasteiger partial charge in [0.05, 0.1) is 0 Å². The second kappa shape index (κ2) is 3.95. The van der Waals surface area contributed by atoms with Gasteiger partial charge in [0.2, 0.25) is 0 Å². The molecule has 0 aromatic heterocycles. The maximum Gasteiger partial charge on any atom is 0.0441 e. The van der Waals surface area contributed by atoms with Gasteiger partial charge in [-0.25, -0.2) is 0 Å². The predicted octanol–water partition coefficient (Wildman–Crippen LogP) is 3.65. The molecular weight excluding hydrogens is 168 g/mol. The lowest BCUT2D eigenvalue weighted by Gasteiger charge is -2.07. The Balaban J connectivity index is 2.86. The number of rotatable bonds is 2. The molecule has 0 N–H and O–H groups in total. The van der Waals surface area contributed by atoms with Crippen LogP contribution in [0.25, 0.3) is 0 Å². The van der Waals surface area contributed by atoms with Crippen molar-refractivity contribution in [3.05, 3.63) is 34.3 Å². The van der Waals surface area contributed by atoms with Crippen molar-refractivity contribution >= 4 is 11.6 Å². The van der Waals surface area contributed by atoms with Gasteiger partial charge in [0.15, 0.2) is 0 Å². The number of aryl methyl sites for hydroxylation is 1. The van der Waals surface area contributed by atoms with Gasteiger partial charge in [-0.3, -0.25) is 0 Å². The normalized spacial score (nSPS) is 10.8. The van der Waals surface area contributed by atoms with Crippen molar-refractivity contribution in [3.8, 4) is 0 Å². The molecule has 1 aromatic carbocycles. The Kier molecular flexibility index (Phi) is 3.16. The summed E-state index contributed by atoms with van der Waals surface area (Å²) in [6.07, 6.45) is 1.04. The summed E-state index contributed by atoms with van der Waals surface area (Å²) in [5, 5.41) is 0.875. The summed E-state index contributed by atoms with van der Waals surface area (Å²) in [5.74, 6) is 0.651. The van der Waals surface area contributed by atoms with Crippen molar-refractivity contribution in [1.29, 1.82) is 0 Å². The third-order valence-corrected chi connectivity index (χ3v) is 2.10. The van der Waals surface area contributed by atoms with Crippen LogP contribution in [-0.4, -0.2) is 0 Å². The van der Waals surface area contributed by atoms with Crippen LogP contribution in [0.2, 0.25) is 5.02 Å². The standard InChI is InChI=1S/C11H14Cl/c1-8(2)6-10-5-4-9(3)7-11(10)12/h5,7-8H,6H2,1-3H3. The van der Waals surface area contributed by atoms with Crippen LogP contribution in [-0.2, 0) is 6.42 Å². The highest BCUT2D eigenvalue weighted by Crippen LogP contribution is 2.19. The van der Waals surface area contributed by atoms with E-state index in [1.165, 1.54) is 5.56 Å². The van der Waals surface area contributed by atoms with E-state index in [9.17, 15) is 0 Å². The van der Waals surface area contributed by atoms with E-state index in [4.69, 9.17) is 11.6 Å². The van der Waals surface area contributed by atoms with Crippen LogP contribution >= 0.6 is 11.6 Å². The maximum atomic E-state index is 6.05. The summed E-state index contributed by atoms with van der Waals surface area (Å²) in [7, 11) is 0. The minimum atomic E-state index is 0.651. The first kappa shape index (κ1) is 9.60. The van der Waals surface area contributed by atoms with Crippen molar-refractivity contribution < 1.29 is 0 Å². The molecule has 0 aliphatic rings. The van der Waals surface area contributed by atoms with Gasteiger partial charge in [-0.05, 0) is 48.6 Å². The Bertz CT molecular complexity index is 264. The molecule has 0 saturated heterocycles. The molecule has 1 rings (SSSR count). The smallest absolute Gasteiger partial charge is 0.0441 e. The molecule has 0 saturated carbocycles. The second-order valence-electron chi connectivity index (χ2n) is 3.59. The van der Waals surface area contributed by atoms with E-state index in [0.717, 1.165) is 17.0 Å². The molecule has 0 nitrogen and oxygen atoms in total. The van der Waals surface area contributed by atoms with E-state index in [-0.39, 0.29) is 0 Å². The van der Waals surface area contributed by atoms with Gasteiger partial charge in [0, 0.05) is 5.02 Å². The maximum absolute atomic E-state index is 6.05. The van der Waals surface area contributed by atoms with E-state index in [1.54, 1.807) is 0 Å². The Morgan fingerprint density at radius 1 is 1.50 bits per heavy atom. The van der Waals surface area contributed by atoms with Crippen molar-refractivity contribution in [3.63, 3.8) is 0 Å². The zero-order valence-electron chi connectivity index (χ0n) is 7.82. The Labute approximate surface area is 79.6 Å². The number of hydrogen-bond donors (Lipinski definition) is 0. The molecule has 0 unspecified atom stereocenters. The fourth-order valence-corrected chi connectivity index (χ4v) is 1.49. The van der Waals surface area contributed by atoms with Crippen molar-refractivity contribution in [2.75, 3.05) is 0 Å². The van der Waals surface area contributed by atoms with Crippen LogP contribution in [0.3, 0.4) is 0 Å². The molecule has 0 heterocycles. The highest BCUT2D eigenvalue weighted by molar-refractivity contribution is 6.31. The molecule has 0 spiro atoms. The van der Waals surface area contributed by atoms with E-state index in [0.29, 0.717) is 5.92 Å². The van der Waals surface area contributed by atoms with Gasteiger partial charge in [0.25, 0.3) is 0 Å². The lowest BCUT2D eigenvalue weighted by Crippen LogP contribution is -1.94. The van der Waals surface area contributed by atoms with Crippen LogP contribution in [0.1, 0.15) is 25.0 Å². The van der Waals surface area contributed by atoms with Gasteiger partial charge >= 0.3 is 0 Å². The van der Waals surface area contributed by atoms with E-state index < -0.39 is 0 Å². The SMILES string of the molecule is Cc1[c]cc(CC(C)C)c(Cl)c1. The highest BCUT2D eigenvalue weighted by Gasteiger charge is 2.02. The van der Waals surface area contributed by atoms with Gasteiger partial charge in [-0.15, -0.1) is 0 Å². The van der Waals surface area contributed by atoms with Crippen molar-refractivity contribution in [1.82, 2.24) is 0 Å². The average molecular weight is 182 g/mol. The molecule has 0 fully saturated rings. The third kappa shape index (κ3) is 2.53. The first-order valence-corrected chi connectivity index (χ1v) is 4.64. The first-order valence-electron chi connectivity index (χ1n) is 4.26. The fraction of sp³-hybridized carbons (Fsp3) is 0.455. The molecule has 0 bridgehead atoms. The molecule has 0 aliphatic heterocycles. The lowest BCUT2D eigenvalue weighted by atomic mass is 10.0. The van der Waals surface area contributed by atoms with E-state index >= 15 is 0 Å². The zero-order valence-corrected chi connectivity index (χ0v) is 8.57. The molecule has 0 aliphatic carbocycles. The molecule has 12 heavy (non-hydrogen) atoms. The fourth-order valence-electron chi connectivity index (χ4n) is 1.19. The molecule has 1 aromatic rings. The summed E-state index contributed by atoms with van der Waals surface area (Å²) in [5.41, 5.74) is 2.31. The average Bonchev–Trinajstić information content (AvgIpc) is 1.94. The Morgan fingerprint density at radius 3 is 2.67 bits per heavy atom. The van der Waals surface area contributed by atoms with Crippen LogP contribution in [0.4, 0.5) is 0 Å². The minimum absolute atomic E-state index is 0.651. The summed E-state index contributed by atoms with van der Waals surface area (Å²) >= 11 is 6.05. The monoisotopic (exact) mass is 181 g/mol. The van der Waals surface area contributed by atoms with Crippen LogP contribution < -0.4 is 0 Å². The zero-order chi connectivity index (χ0) is 9.14. The quantitative estimate of drug-likeness (QED) is 0.654. The summed E-state index contributed by atoms with van der Waals surface area (Å²) in [6.45, 7) is 6.39. The van der Waals surface area contributed by atoms with Crippen LogP contribution in [0, 0.1) is 18.9 Å². The minimum Gasteiger partial charge on any atom is -0.0840 e. The summed E-state index contributed by atoms with van der Waals surface area (Å²) < 4.78 is 0. The second-order valence-corrected chi connectivity index (χ2v) is 3.99. The molecule has 1 heteroatoms. The Morgan fingerprint density at radius 2 is 2.17 bits per heavy atom. The molecule has 65 valence electrons. The largest absolute Gasteiger partial charge is 0.0840 e. The first-order chi connectivity index (χ1) is 5.59. The van der Waals surface area contributed by atoms with E-state index in [1.807, 2.05) is 19.1 Å². The molecule has 0 amide bonds. The van der Waals surface area contributed by atoms with Crippen molar-refractivity contribution in [2.45, 2.75) is 27.2 Å². The van der Waals surface area contributed by atoms with Crippen LogP contribution in [0.15, 0.2) is 12.1 Å². The molecule has 1 radical (unpaired) electrons. The third-order valence-electron chi connectivity index (χ3n) is 1.75. The van der Waals surface area contributed by atoms with Gasteiger partial charge in [0.1, 0.15) is 0 Å². The van der Waals surface area contributed by atoms with Gasteiger partial charge in [-0.2, -0.15) is 0 Å².